The van der Waals surface area contributed by atoms with Crippen LogP contribution in [-0.4, -0.2) is 54.4 Å². The number of hydrogen-bond acceptors (Lipinski definition) is 5. The number of aromatic nitrogens is 2. The number of rotatable bonds is 5. The van der Waals surface area contributed by atoms with Gasteiger partial charge in [0, 0.05) is 32.2 Å². The van der Waals surface area contributed by atoms with E-state index >= 15 is 0 Å². The van der Waals surface area contributed by atoms with E-state index in [0.717, 1.165) is 30.6 Å². The van der Waals surface area contributed by atoms with Crippen LogP contribution in [0.4, 0.5) is 5.82 Å². The molecule has 1 unspecified atom stereocenters. The molecule has 1 saturated heterocycles. The number of nitrogens with one attached hydrogen (secondary N) is 1. The molecule has 0 bridgehead atoms. The summed E-state index contributed by atoms with van der Waals surface area (Å²) >= 11 is 0. The molecule has 1 aromatic rings. The van der Waals surface area contributed by atoms with Crippen molar-refractivity contribution < 1.29 is 0 Å². The Kier molecular flexibility index (Phi) is 4.17. The van der Waals surface area contributed by atoms with Gasteiger partial charge in [0.05, 0.1) is 5.69 Å². The Hall–Kier alpha value is -1.20. The smallest absolute Gasteiger partial charge is 0.151 e. The summed E-state index contributed by atoms with van der Waals surface area (Å²) in [6.07, 6.45) is 5.13. The Morgan fingerprint density at radius 3 is 2.80 bits per heavy atom. The van der Waals surface area contributed by atoms with Crippen molar-refractivity contribution in [3.8, 4) is 0 Å². The highest BCUT2D eigenvalue weighted by Crippen LogP contribution is 2.20. The topological polar surface area (TPSA) is 44.3 Å². The number of hydrogen-bond donors (Lipinski definition) is 1. The standard InChI is InChI=1S/C15H25N5/c1-19-9-3-4-14(11-19)20(2)15-8-7-13(17-18-15)10-16-12-5-6-12/h7-8,12,14,16H,3-6,9-11H2,1-2H3. The van der Waals surface area contributed by atoms with E-state index in [1.807, 2.05) is 0 Å². The highest BCUT2D eigenvalue weighted by atomic mass is 15.3. The van der Waals surface area contributed by atoms with Crippen molar-refractivity contribution in [2.45, 2.75) is 44.3 Å². The van der Waals surface area contributed by atoms with Gasteiger partial charge in [-0.15, -0.1) is 5.10 Å². The number of nitrogens with zero attached hydrogens (tertiary/aromatic N) is 4. The second-order valence-corrected chi connectivity index (χ2v) is 6.21. The second kappa shape index (κ2) is 6.06. The monoisotopic (exact) mass is 275 g/mol. The van der Waals surface area contributed by atoms with Crippen LogP contribution in [0.15, 0.2) is 12.1 Å². The van der Waals surface area contributed by atoms with E-state index < -0.39 is 0 Å². The maximum atomic E-state index is 4.39. The molecule has 2 fully saturated rings. The van der Waals surface area contributed by atoms with Crippen molar-refractivity contribution in [3.05, 3.63) is 17.8 Å². The minimum atomic E-state index is 0.554. The van der Waals surface area contributed by atoms with Gasteiger partial charge in [-0.25, -0.2) is 0 Å². The summed E-state index contributed by atoms with van der Waals surface area (Å²) in [5.41, 5.74) is 1.04. The van der Waals surface area contributed by atoms with E-state index in [9.17, 15) is 0 Å². The summed E-state index contributed by atoms with van der Waals surface area (Å²) in [7, 11) is 4.33. The fourth-order valence-electron chi connectivity index (χ4n) is 2.81. The molecule has 0 amide bonds. The van der Waals surface area contributed by atoms with Crippen molar-refractivity contribution in [2.75, 3.05) is 32.1 Å². The molecular formula is C15H25N5. The third-order valence-electron chi connectivity index (χ3n) is 4.36. The molecule has 0 radical (unpaired) electrons. The van der Waals surface area contributed by atoms with Gasteiger partial charge in [-0.2, -0.15) is 5.10 Å². The molecule has 1 aromatic heterocycles. The Labute approximate surface area is 121 Å². The van der Waals surface area contributed by atoms with Gasteiger partial charge < -0.3 is 15.1 Å². The number of likely N-dealkylation sites (N-methyl/N-ethyl adjacent to an activating group) is 2. The van der Waals surface area contributed by atoms with Crippen LogP contribution in [0, 0.1) is 0 Å². The van der Waals surface area contributed by atoms with Crippen LogP contribution in [-0.2, 0) is 6.54 Å². The predicted octanol–water partition coefficient (Wildman–Crippen LogP) is 1.26. The molecule has 0 aromatic carbocycles. The number of piperidine rings is 1. The summed E-state index contributed by atoms with van der Waals surface area (Å²) in [4.78, 5) is 4.67. The molecule has 0 spiro atoms. The normalized spacial score (nSPS) is 23.8. The Morgan fingerprint density at radius 1 is 1.30 bits per heavy atom. The van der Waals surface area contributed by atoms with E-state index in [2.05, 4.69) is 51.5 Å². The molecule has 2 aliphatic rings. The molecule has 20 heavy (non-hydrogen) atoms. The van der Waals surface area contributed by atoms with Crippen molar-refractivity contribution in [1.82, 2.24) is 20.4 Å². The van der Waals surface area contributed by atoms with Gasteiger partial charge in [0.15, 0.2) is 5.82 Å². The fourth-order valence-corrected chi connectivity index (χ4v) is 2.81. The zero-order valence-corrected chi connectivity index (χ0v) is 12.5. The molecule has 1 aliphatic heterocycles. The van der Waals surface area contributed by atoms with Gasteiger partial charge in [-0.3, -0.25) is 0 Å². The minimum Gasteiger partial charge on any atom is -0.354 e. The van der Waals surface area contributed by atoms with E-state index in [4.69, 9.17) is 0 Å². The van der Waals surface area contributed by atoms with Crippen LogP contribution >= 0.6 is 0 Å². The van der Waals surface area contributed by atoms with Crippen LogP contribution in [0.3, 0.4) is 0 Å². The molecule has 5 heteroatoms. The van der Waals surface area contributed by atoms with Gasteiger partial charge in [0.2, 0.25) is 0 Å². The zero-order chi connectivity index (χ0) is 13.9. The van der Waals surface area contributed by atoms with Crippen LogP contribution < -0.4 is 10.2 Å². The quantitative estimate of drug-likeness (QED) is 0.876. The SMILES string of the molecule is CN1CCCC(N(C)c2ccc(CNC3CC3)nn2)C1. The van der Waals surface area contributed by atoms with Crippen molar-refractivity contribution >= 4 is 5.82 Å². The van der Waals surface area contributed by atoms with Crippen LogP contribution in [0.5, 0.6) is 0 Å². The molecule has 1 aliphatic carbocycles. The first-order valence-corrected chi connectivity index (χ1v) is 7.70. The molecule has 110 valence electrons. The van der Waals surface area contributed by atoms with Gasteiger partial charge in [0.1, 0.15) is 0 Å². The second-order valence-electron chi connectivity index (χ2n) is 6.21. The molecule has 5 nitrogen and oxygen atoms in total. The summed E-state index contributed by atoms with van der Waals surface area (Å²) in [6, 6.07) is 5.47. The summed E-state index contributed by atoms with van der Waals surface area (Å²) < 4.78 is 0. The van der Waals surface area contributed by atoms with E-state index in [0.29, 0.717) is 6.04 Å². The highest BCUT2D eigenvalue weighted by molar-refractivity contribution is 5.37. The fraction of sp³-hybridized carbons (Fsp3) is 0.733. The third kappa shape index (κ3) is 3.46. The summed E-state index contributed by atoms with van der Waals surface area (Å²) in [5, 5.41) is 12.2. The first kappa shape index (κ1) is 13.8. The molecule has 1 N–H and O–H groups in total. The lowest BCUT2D eigenvalue weighted by Gasteiger charge is -2.36. The van der Waals surface area contributed by atoms with Crippen molar-refractivity contribution in [2.24, 2.45) is 0 Å². The predicted molar refractivity (Wildman–Crippen MR) is 80.8 cm³/mol. The van der Waals surface area contributed by atoms with E-state index in [-0.39, 0.29) is 0 Å². The maximum Gasteiger partial charge on any atom is 0.151 e. The average molecular weight is 275 g/mol. The van der Waals surface area contributed by atoms with Gasteiger partial charge in [-0.1, -0.05) is 0 Å². The zero-order valence-electron chi connectivity index (χ0n) is 12.5. The first-order valence-electron chi connectivity index (χ1n) is 7.70. The Balaban J connectivity index is 1.57. The van der Waals surface area contributed by atoms with Gasteiger partial charge in [-0.05, 0) is 51.4 Å². The van der Waals surface area contributed by atoms with Crippen LogP contribution in [0.2, 0.25) is 0 Å². The van der Waals surface area contributed by atoms with E-state index in [1.165, 1.54) is 32.2 Å². The lowest BCUT2D eigenvalue weighted by atomic mass is 10.1. The van der Waals surface area contributed by atoms with Gasteiger partial charge in [0.25, 0.3) is 0 Å². The number of anilines is 1. The lowest BCUT2D eigenvalue weighted by Crippen LogP contribution is -2.45. The maximum absolute atomic E-state index is 4.39. The lowest BCUT2D eigenvalue weighted by molar-refractivity contribution is 0.247. The number of likely N-dealkylation sites (tertiary alicyclic amines) is 1. The van der Waals surface area contributed by atoms with E-state index in [1.54, 1.807) is 0 Å². The largest absolute Gasteiger partial charge is 0.354 e. The Morgan fingerprint density at radius 2 is 2.15 bits per heavy atom. The van der Waals surface area contributed by atoms with Crippen molar-refractivity contribution in [1.29, 1.82) is 0 Å². The minimum absolute atomic E-state index is 0.554. The Bertz CT molecular complexity index is 428. The molecule has 2 heterocycles. The highest BCUT2D eigenvalue weighted by Gasteiger charge is 2.22. The molecule has 1 saturated carbocycles. The molecule has 1 atom stereocenters. The van der Waals surface area contributed by atoms with Crippen LogP contribution in [0.1, 0.15) is 31.4 Å². The third-order valence-corrected chi connectivity index (χ3v) is 4.36. The van der Waals surface area contributed by atoms with Gasteiger partial charge >= 0.3 is 0 Å². The average Bonchev–Trinajstić information content (AvgIpc) is 3.29. The van der Waals surface area contributed by atoms with Crippen molar-refractivity contribution in [3.63, 3.8) is 0 Å². The molecular weight excluding hydrogens is 250 g/mol. The summed E-state index contributed by atoms with van der Waals surface area (Å²) in [5.74, 6) is 0.987. The molecule has 3 rings (SSSR count). The first-order chi connectivity index (χ1) is 9.72. The van der Waals surface area contributed by atoms with Crippen LogP contribution in [0.25, 0.3) is 0 Å². The summed E-state index contributed by atoms with van der Waals surface area (Å²) in [6.45, 7) is 3.17.